The van der Waals surface area contributed by atoms with Crippen LogP contribution in [0.4, 0.5) is 5.82 Å². The van der Waals surface area contributed by atoms with Crippen molar-refractivity contribution >= 4 is 15.7 Å². The monoisotopic (exact) mass is 269 g/mol. The fourth-order valence-electron chi connectivity index (χ4n) is 2.14. The molecule has 0 bridgehead atoms. The maximum absolute atomic E-state index is 11.5. The SMILES string of the molecule is C[C@@H](N)c1ccc(N(C)C2CCS(=O)(=O)C2)nc1. The van der Waals surface area contributed by atoms with Gasteiger partial charge in [0.2, 0.25) is 0 Å². The molecule has 2 N–H and O–H groups in total. The number of anilines is 1. The molecule has 1 aromatic heterocycles. The highest BCUT2D eigenvalue weighted by atomic mass is 32.2. The molecule has 0 spiro atoms. The van der Waals surface area contributed by atoms with E-state index in [1.165, 1.54) is 0 Å². The summed E-state index contributed by atoms with van der Waals surface area (Å²) in [6, 6.07) is 3.82. The highest BCUT2D eigenvalue weighted by molar-refractivity contribution is 7.91. The van der Waals surface area contributed by atoms with Crippen LogP contribution in [0.3, 0.4) is 0 Å². The minimum Gasteiger partial charge on any atom is -0.356 e. The molecule has 0 amide bonds. The van der Waals surface area contributed by atoms with Gasteiger partial charge in [0.15, 0.2) is 9.84 Å². The lowest BCUT2D eigenvalue weighted by Gasteiger charge is -2.24. The lowest BCUT2D eigenvalue weighted by molar-refractivity contribution is 0.600. The summed E-state index contributed by atoms with van der Waals surface area (Å²) in [4.78, 5) is 6.28. The molecule has 18 heavy (non-hydrogen) atoms. The Labute approximate surface area is 108 Å². The molecule has 6 heteroatoms. The summed E-state index contributed by atoms with van der Waals surface area (Å²) in [7, 11) is -0.971. The van der Waals surface area contributed by atoms with Gasteiger partial charge in [-0.3, -0.25) is 0 Å². The normalized spacial score (nSPS) is 23.8. The molecule has 0 aromatic carbocycles. The van der Waals surface area contributed by atoms with Crippen LogP contribution in [0.5, 0.6) is 0 Å². The fourth-order valence-corrected chi connectivity index (χ4v) is 3.92. The van der Waals surface area contributed by atoms with Crippen molar-refractivity contribution in [1.29, 1.82) is 0 Å². The van der Waals surface area contributed by atoms with Crippen molar-refractivity contribution in [2.75, 3.05) is 23.5 Å². The van der Waals surface area contributed by atoms with Crippen molar-refractivity contribution in [2.45, 2.75) is 25.4 Å². The second-order valence-corrected chi connectivity index (χ2v) is 7.13. The summed E-state index contributed by atoms with van der Waals surface area (Å²) in [5.74, 6) is 1.29. The minimum atomic E-state index is -2.86. The highest BCUT2D eigenvalue weighted by Gasteiger charge is 2.31. The molecule has 0 saturated carbocycles. The Morgan fingerprint density at radius 2 is 2.22 bits per heavy atom. The molecule has 100 valence electrons. The van der Waals surface area contributed by atoms with E-state index in [9.17, 15) is 8.42 Å². The van der Waals surface area contributed by atoms with Crippen molar-refractivity contribution in [3.63, 3.8) is 0 Å². The van der Waals surface area contributed by atoms with E-state index >= 15 is 0 Å². The summed E-state index contributed by atoms with van der Waals surface area (Å²) < 4.78 is 22.9. The predicted octanol–water partition coefficient (Wildman–Crippen LogP) is 0.725. The topological polar surface area (TPSA) is 76.3 Å². The fraction of sp³-hybridized carbons (Fsp3) is 0.583. The first kappa shape index (κ1) is 13.3. The number of nitrogens with two attached hydrogens (primary N) is 1. The average Bonchev–Trinajstić information content (AvgIpc) is 2.69. The maximum atomic E-state index is 11.5. The molecule has 1 saturated heterocycles. The van der Waals surface area contributed by atoms with Crippen LogP contribution >= 0.6 is 0 Å². The second kappa shape index (κ2) is 4.85. The van der Waals surface area contributed by atoms with Crippen molar-refractivity contribution in [3.8, 4) is 0 Å². The first-order chi connectivity index (χ1) is 8.39. The molecule has 0 radical (unpaired) electrons. The van der Waals surface area contributed by atoms with E-state index < -0.39 is 9.84 Å². The lowest BCUT2D eigenvalue weighted by atomic mass is 10.1. The van der Waals surface area contributed by atoms with E-state index in [-0.39, 0.29) is 23.6 Å². The van der Waals surface area contributed by atoms with Crippen LogP contribution in [0.1, 0.15) is 24.9 Å². The summed E-state index contributed by atoms with van der Waals surface area (Å²) >= 11 is 0. The van der Waals surface area contributed by atoms with Gasteiger partial charge in [-0.2, -0.15) is 0 Å². The Kier molecular flexibility index (Phi) is 3.59. The minimum absolute atomic E-state index is 0.0312. The van der Waals surface area contributed by atoms with Gasteiger partial charge < -0.3 is 10.6 Å². The van der Waals surface area contributed by atoms with E-state index in [1.54, 1.807) is 6.20 Å². The number of sulfone groups is 1. The molecular weight excluding hydrogens is 250 g/mol. The van der Waals surface area contributed by atoms with Crippen molar-refractivity contribution in [3.05, 3.63) is 23.9 Å². The number of hydrogen-bond donors (Lipinski definition) is 1. The zero-order chi connectivity index (χ0) is 13.3. The number of pyridine rings is 1. The van der Waals surface area contributed by atoms with Gasteiger partial charge in [0.25, 0.3) is 0 Å². The van der Waals surface area contributed by atoms with E-state index in [0.29, 0.717) is 6.42 Å². The van der Waals surface area contributed by atoms with Crippen LogP contribution in [0.2, 0.25) is 0 Å². The molecular formula is C12H19N3O2S. The largest absolute Gasteiger partial charge is 0.356 e. The van der Waals surface area contributed by atoms with Crippen molar-refractivity contribution in [2.24, 2.45) is 5.73 Å². The molecule has 5 nitrogen and oxygen atoms in total. The molecule has 1 unspecified atom stereocenters. The zero-order valence-corrected chi connectivity index (χ0v) is 11.5. The Morgan fingerprint density at radius 3 is 2.67 bits per heavy atom. The van der Waals surface area contributed by atoms with Crippen LogP contribution in [-0.4, -0.2) is 38.0 Å². The molecule has 2 atom stereocenters. The summed E-state index contributed by atoms with van der Waals surface area (Å²) in [5, 5.41) is 0. The zero-order valence-electron chi connectivity index (χ0n) is 10.7. The molecule has 1 aromatic rings. The Hall–Kier alpha value is -1.14. The highest BCUT2D eigenvalue weighted by Crippen LogP contribution is 2.22. The van der Waals surface area contributed by atoms with E-state index in [2.05, 4.69) is 4.98 Å². The standard InChI is InChI=1S/C12H19N3O2S/c1-9(13)10-3-4-12(14-7-10)15(2)11-5-6-18(16,17)8-11/h3-4,7,9,11H,5-6,8,13H2,1-2H3/t9-,11?/m1/s1. The van der Waals surface area contributed by atoms with Crippen LogP contribution in [0, 0.1) is 0 Å². The molecule has 1 aliphatic rings. The maximum Gasteiger partial charge on any atom is 0.152 e. The summed E-state index contributed by atoms with van der Waals surface area (Å²) in [5.41, 5.74) is 6.74. The van der Waals surface area contributed by atoms with Crippen LogP contribution in [-0.2, 0) is 9.84 Å². The average molecular weight is 269 g/mol. The molecule has 1 aliphatic heterocycles. The third-order valence-corrected chi connectivity index (χ3v) is 5.16. The Balaban J connectivity index is 2.12. The summed E-state index contributed by atoms with van der Waals surface area (Å²) in [6.07, 6.45) is 2.43. The molecule has 2 rings (SSSR count). The molecule has 1 fully saturated rings. The van der Waals surface area contributed by atoms with Gasteiger partial charge in [-0.1, -0.05) is 6.07 Å². The number of aromatic nitrogens is 1. The third kappa shape index (κ3) is 2.81. The molecule has 2 heterocycles. The van der Waals surface area contributed by atoms with Crippen molar-refractivity contribution < 1.29 is 8.42 Å². The van der Waals surface area contributed by atoms with Gasteiger partial charge in [0.1, 0.15) is 5.82 Å². The van der Waals surface area contributed by atoms with Gasteiger partial charge in [-0.25, -0.2) is 13.4 Å². The lowest BCUT2D eigenvalue weighted by Crippen LogP contribution is -2.33. The first-order valence-electron chi connectivity index (χ1n) is 6.04. The number of hydrogen-bond acceptors (Lipinski definition) is 5. The predicted molar refractivity (Wildman–Crippen MR) is 72.3 cm³/mol. The van der Waals surface area contributed by atoms with E-state index in [1.807, 2.05) is 31.0 Å². The Bertz CT molecular complexity index is 511. The summed E-state index contributed by atoms with van der Waals surface area (Å²) in [6.45, 7) is 1.91. The van der Waals surface area contributed by atoms with Gasteiger partial charge in [-0.15, -0.1) is 0 Å². The number of nitrogens with zero attached hydrogens (tertiary/aromatic N) is 2. The van der Waals surface area contributed by atoms with Crippen LogP contribution in [0.25, 0.3) is 0 Å². The smallest absolute Gasteiger partial charge is 0.152 e. The number of rotatable bonds is 3. The third-order valence-electron chi connectivity index (χ3n) is 3.41. The van der Waals surface area contributed by atoms with Gasteiger partial charge >= 0.3 is 0 Å². The van der Waals surface area contributed by atoms with E-state index in [4.69, 9.17) is 5.73 Å². The van der Waals surface area contributed by atoms with Gasteiger partial charge in [-0.05, 0) is 25.0 Å². The van der Waals surface area contributed by atoms with Gasteiger partial charge in [0, 0.05) is 25.3 Å². The quantitative estimate of drug-likeness (QED) is 0.875. The van der Waals surface area contributed by atoms with Crippen molar-refractivity contribution in [1.82, 2.24) is 4.98 Å². The second-order valence-electron chi connectivity index (χ2n) is 4.91. The molecule has 0 aliphatic carbocycles. The van der Waals surface area contributed by atoms with Crippen LogP contribution in [0.15, 0.2) is 18.3 Å². The Morgan fingerprint density at radius 1 is 1.50 bits per heavy atom. The van der Waals surface area contributed by atoms with E-state index in [0.717, 1.165) is 11.4 Å². The van der Waals surface area contributed by atoms with Gasteiger partial charge in [0.05, 0.1) is 11.5 Å². The first-order valence-corrected chi connectivity index (χ1v) is 7.86. The van der Waals surface area contributed by atoms with Crippen LogP contribution < -0.4 is 10.6 Å².